The van der Waals surface area contributed by atoms with Gasteiger partial charge in [-0.25, -0.2) is 0 Å². The number of rotatable bonds is 4. The highest BCUT2D eigenvalue weighted by molar-refractivity contribution is 5.79. The van der Waals surface area contributed by atoms with Gasteiger partial charge < -0.3 is 15.8 Å². The van der Waals surface area contributed by atoms with Crippen molar-refractivity contribution in [1.29, 1.82) is 0 Å². The summed E-state index contributed by atoms with van der Waals surface area (Å²) in [4.78, 5) is 12.1. The molecule has 1 aliphatic rings. The van der Waals surface area contributed by atoms with Gasteiger partial charge >= 0.3 is 0 Å². The van der Waals surface area contributed by atoms with Crippen molar-refractivity contribution in [2.45, 2.75) is 32.7 Å². The first-order chi connectivity index (χ1) is 9.11. The molecular formula is C15H22N2O2. The van der Waals surface area contributed by atoms with Crippen molar-refractivity contribution >= 4 is 11.6 Å². The van der Waals surface area contributed by atoms with Gasteiger partial charge in [0.15, 0.2) is 0 Å². The molecule has 1 aliphatic carbocycles. The van der Waals surface area contributed by atoms with Crippen molar-refractivity contribution in [1.82, 2.24) is 5.32 Å². The third-order valence-electron chi connectivity index (χ3n) is 3.96. The standard InChI is InChI=1S/C15H22N2O2/c1-10-4-3-5-12(10)15(18)17-9-11-6-7-14(19-2)13(16)8-11/h6-8,10,12H,3-5,9,16H2,1-2H3,(H,17,18). The summed E-state index contributed by atoms with van der Waals surface area (Å²) in [6, 6.07) is 5.60. The second-order valence-corrected chi connectivity index (χ2v) is 5.31. The van der Waals surface area contributed by atoms with Crippen LogP contribution in [0.5, 0.6) is 5.75 Å². The molecule has 0 spiro atoms. The Morgan fingerprint density at radius 3 is 2.84 bits per heavy atom. The summed E-state index contributed by atoms with van der Waals surface area (Å²) >= 11 is 0. The zero-order valence-corrected chi connectivity index (χ0v) is 11.6. The fourth-order valence-electron chi connectivity index (χ4n) is 2.75. The van der Waals surface area contributed by atoms with Crippen molar-refractivity contribution in [3.05, 3.63) is 23.8 Å². The summed E-state index contributed by atoms with van der Waals surface area (Å²) in [5.41, 5.74) is 7.44. The second kappa shape index (κ2) is 5.95. The van der Waals surface area contributed by atoms with Crippen LogP contribution in [0.3, 0.4) is 0 Å². The van der Waals surface area contributed by atoms with Crippen molar-refractivity contribution in [3.8, 4) is 5.75 Å². The second-order valence-electron chi connectivity index (χ2n) is 5.31. The highest BCUT2D eigenvalue weighted by Gasteiger charge is 2.29. The molecule has 2 rings (SSSR count). The van der Waals surface area contributed by atoms with Gasteiger partial charge in [0, 0.05) is 12.5 Å². The fraction of sp³-hybridized carbons (Fsp3) is 0.533. The number of amides is 1. The van der Waals surface area contributed by atoms with Crippen LogP contribution in [0.15, 0.2) is 18.2 Å². The van der Waals surface area contributed by atoms with Crippen LogP contribution in [0, 0.1) is 11.8 Å². The zero-order chi connectivity index (χ0) is 13.8. The third kappa shape index (κ3) is 3.19. The van der Waals surface area contributed by atoms with E-state index < -0.39 is 0 Å². The van der Waals surface area contributed by atoms with Gasteiger partial charge in [-0.3, -0.25) is 4.79 Å². The van der Waals surface area contributed by atoms with Crippen LogP contribution < -0.4 is 15.8 Å². The molecule has 1 saturated carbocycles. The number of hydrogen-bond donors (Lipinski definition) is 2. The quantitative estimate of drug-likeness (QED) is 0.818. The van der Waals surface area contributed by atoms with E-state index in [0.29, 0.717) is 23.9 Å². The number of methoxy groups -OCH3 is 1. The molecule has 19 heavy (non-hydrogen) atoms. The van der Waals surface area contributed by atoms with E-state index in [1.807, 2.05) is 18.2 Å². The molecule has 0 saturated heterocycles. The highest BCUT2D eigenvalue weighted by atomic mass is 16.5. The zero-order valence-electron chi connectivity index (χ0n) is 11.6. The predicted molar refractivity (Wildman–Crippen MR) is 75.8 cm³/mol. The van der Waals surface area contributed by atoms with E-state index in [-0.39, 0.29) is 11.8 Å². The molecule has 4 nitrogen and oxygen atoms in total. The molecular weight excluding hydrogens is 240 g/mol. The first-order valence-corrected chi connectivity index (χ1v) is 6.82. The number of ether oxygens (including phenoxy) is 1. The van der Waals surface area contributed by atoms with Gasteiger partial charge in [-0.1, -0.05) is 19.4 Å². The van der Waals surface area contributed by atoms with Crippen LogP contribution in [-0.4, -0.2) is 13.0 Å². The summed E-state index contributed by atoms with van der Waals surface area (Å²) in [5.74, 6) is 1.51. The molecule has 104 valence electrons. The summed E-state index contributed by atoms with van der Waals surface area (Å²) in [5, 5.41) is 3.00. The van der Waals surface area contributed by atoms with E-state index >= 15 is 0 Å². The van der Waals surface area contributed by atoms with Crippen molar-refractivity contribution in [2.24, 2.45) is 11.8 Å². The van der Waals surface area contributed by atoms with Gasteiger partial charge in [0.1, 0.15) is 5.75 Å². The maximum Gasteiger partial charge on any atom is 0.223 e. The van der Waals surface area contributed by atoms with Gasteiger partial charge in [0.2, 0.25) is 5.91 Å². The summed E-state index contributed by atoms with van der Waals surface area (Å²) in [7, 11) is 1.59. The maximum atomic E-state index is 12.1. The van der Waals surface area contributed by atoms with Crippen molar-refractivity contribution in [3.63, 3.8) is 0 Å². The van der Waals surface area contributed by atoms with Crippen LogP contribution in [0.25, 0.3) is 0 Å². The average molecular weight is 262 g/mol. The number of nitrogen functional groups attached to an aromatic ring is 1. The topological polar surface area (TPSA) is 64.3 Å². The monoisotopic (exact) mass is 262 g/mol. The van der Waals surface area contributed by atoms with E-state index in [2.05, 4.69) is 12.2 Å². The van der Waals surface area contributed by atoms with Gasteiger partial charge in [0.25, 0.3) is 0 Å². The number of benzene rings is 1. The number of nitrogens with one attached hydrogen (secondary N) is 1. The Morgan fingerprint density at radius 1 is 1.47 bits per heavy atom. The Hall–Kier alpha value is -1.71. The lowest BCUT2D eigenvalue weighted by atomic mass is 9.97. The SMILES string of the molecule is COc1ccc(CNC(=O)C2CCCC2C)cc1N. The van der Waals surface area contributed by atoms with Crippen LogP contribution in [0.4, 0.5) is 5.69 Å². The lowest BCUT2D eigenvalue weighted by Gasteiger charge is -2.15. The number of hydrogen-bond acceptors (Lipinski definition) is 3. The Bertz CT molecular complexity index is 459. The molecule has 1 aromatic carbocycles. The lowest BCUT2D eigenvalue weighted by Crippen LogP contribution is -2.31. The number of anilines is 1. The molecule has 4 heteroatoms. The van der Waals surface area contributed by atoms with Gasteiger partial charge in [-0.2, -0.15) is 0 Å². The van der Waals surface area contributed by atoms with E-state index in [0.717, 1.165) is 24.8 Å². The highest BCUT2D eigenvalue weighted by Crippen LogP contribution is 2.31. The molecule has 2 unspecified atom stereocenters. The molecule has 0 bridgehead atoms. The van der Waals surface area contributed by atoms with Crippen LogP contribution in [0.1, 0.15) is 31.7 Å². The molecule has 1 amide bonds. The lowest BCUT2D eigenvalue weighted by molar-refractivity contribution is -0.126. The fourth-order valence-corrected chi connectivity index (χ4v) is 2.75. The van der Waals surface area contributed by atoms with Gasteiger partial charge in [0.05, 0.1) is 12.8 Å². The molecule has 1 aromatic rings. The van der Waals surface area contributed by atoms with Crippen LogP contribution in [-0.2, 0) is 11.3 Å². The predicted octanol–water partition coefficient (Wildman–Crippen LogP) is 2.33. The molecule has 0 heterocycles. The van der Waals surface area contributed by atoms with E-state index in [4.69, 9.17) is 10.5 Å². The molecule has 0 radical (unpaired) electrons. The minimum atomic E-state index is 0.166. The molecule has 3 N–H and O–H groups in total. The van der Waals surface area contributed by atoms with Crippen molar-refractivity contribution in [2.75, 3.05) is 12.8 Å². The first-order valence-electron chi connectivity index (χ1n) is 6.82. The molecule has 0 aromatic heterocycles. The van der Waals surface area contributed by atoms with Crippen LogP contribution >= 0.6 is 0 Å². The molecule has 0 aliphatic heterocycles. The molecule has 1 fully saturated rings. The summed E-state index contributed by atoms with van der Waals surface area (Å²) < 4.78 is 5.11. The van der Waals surface area contributed by atoms with Crippen LogP contribution in [0.2, 0.25) is 0 Å². The first kappa shape index (κ1) is 13.7. The van der Waals surface area contributed by atoms with E-state index in [9.17, 15) is 4.79 Å². The Kier molecular flexibility index (Phi) is 4.30. The van der Waals surface area contributed by atoms with Gasteiger partial charge in [-0.05, 0) is 36.5 Å². The minimum absolute atomic E-state index is 0.166. The smallest absolute Gasteiger partial charge is 0.223 e. The minimum Gasteiger partial charge on any atom is -0.495 e. The summed E-state index contributed by atoms with van der Waals surface area (Å²) in [6.45, 7) is 2.68. The van der Waals surface area contributed by atoms with E-state index in [1.54, 1.807) is 7.11 Å². The number of nitrogens with two attached hydrogens (primary N) is 1. The Morgan fingerprint density at radius 2 is 2.26 bits per heavy atom. The third-order valence-corrected chi connectivity index (χ3v) is 3.96. The summed E-state index contributed by atoms with van der Waals surface area (Å²) in [6.07, 6.45) is 3.33. The van der Waals surface area contributed by atoms with Crippen molar-refractivity contribution < 1.29 is 9.53 Å². The van der Waals surface area contributed by atoms with E-state index in [1.165, 1.54) is 0 Å². The number of carbonyl (C=O) groups is 1. The average Bonchev–Trinajstić information content (AvgIpc) is 2.82. The largest absolute Gasteiger partial charge is 0.495 e. The number of carbonyl (C=O) groups excluding carboxylic acids is 1. The Labute approximate surface area is 114 Å². The maximum absolute atomic E-state index is 12.1. The van der Waals surface area contributed by atoms with Gasteiger partial charge in [-0.15, -0.1) is 0 Å². The Balaban J connectivity index is 1.91. The normalized spacial score (nSPS) is 22.2. The molecule has 2 atom stereocenters.